The van der Waals surface area contributed by atoms with E-state index >= 15 is 0 Å². The molecular formula is C9H11BrN2. The van der Waals surface area contributed by atoms with Crippen molar-refractivity contribution in [2.75, 3.05) is 18.5 Å². The van der Waals surface area contributed by atoms with Gasteiger partial charge in [0.25, 0.3) is 0 Å². The first-order valence-corrected chi connectivity index (χ1v) is 4.92. The van der Waals surface area contributed by atoms with Crippen LogP contribution in [-0.2, 0) is 6.42 Å². The van der Waals surface area contributed by atoms with Crippen molar-refractivity contribution in [3.8, 4) is 0 Å². The van der Waals surface area contributed by atoms with Crippen molar-refractivity contribution in [1.29, 1.82) is 0 Å². The minimum atomic E-state index is 1.08. The van der Waals surface area contributed by atoms with Gasteiger partial charge in [0.05, 0.1) is 0 Å². The van der Waals surface area contributed by atoms with Gasteiger partial charge in [0.2, 0.25) is 0 Å². The lowest BCUT2D eigenvalue weighted by Crippen LogP contribution is -2.25. The highest BCUT2D eigenvalue weighted by Crippen LogP contribution is 2.25. The quantitative estimate of drug-likeness (QED) is 0.675. The number of aryl methyl sites for hydroxylation is 1. The van der Waals surface area contributed by atoms with Crippen LogP contribution in [0.3, 0.4) is 0 Å². The summed E-state index contributed by atoms with van der Waals surface area (Å²) in [4.78, 5) is 6.59. The Hall–Kier alpha value is -0.570. The third-order valence-corrected chi connectivity index (χ3v) is 2.64. The number of halogens is 1. The summed E-state index contributed by atoms with van der Waals surface area (Å²) in [7, 11) is 2.10. The number of nitrogens with zero attached hydrogens (tertiary/aromatic N) is 2. The van der Waals surface area contributed by atoms with Crippen LogP contribution < -0.4 is 4.90 Å². The van der Waals surface area contributed by atoms with Crippen molar-refractivity contribution >= 4 is 21.7 Å². The normalized spacial score (nSPS) is 16.0. The number of fused-ring (bicyclic) bond motifs is 1. The summed E-state index contributed by atoms with van der Waals surface area (Å²) in [5.41, 5.74) is 1.36. The lowest BCUT2D eigenvalue weighted by molar-refractivity contribution is 0.729. The van der Waals surface area contributed by atoms with Gasteiger partial charge in [-0.3, -0.25) is 0 Å². The second-order valence-electron chi connectivity index (χ2n) is 3.16. The van der Waals surface area contributed by atoms with E-state index in [9.17, 15) is 0 Å². The van der Waals surface area contributed by atoms with Crippen molar-refractivity contribution < 1.29 is 0 Å². The Kier molecular flexibility index (Phi) is 2.05. The fourth-order valence-electron chi connectivity index (χ4n) is 1.61. The van der Waals surface area contributed by atoms with E-state index in [4.69, 9.17) is 0 Å². The number of rotatable bonds is 0. The van der Waals surface area contributed by atoms with Gasteiger partial charge in [-0.25, -0.2) is 4.98 Å². The monoisotopic (exact) mass is 226 g/mol. The first kappa shape index (κ1) is 8.05. The molecule has 2 heterocycles. The number of pyridine rings is 1. The molecule has 2 rings (SSSR count). The van der Waals surface area contributed by atoms with Crippen LogP contribution in [0.2, 0.25) is 0 Å². The van der Waals surface area contributed by atoms with E-state index in [1.807, 2.05) is 6.20 Å². The van der Waals surface area contributed by atoms with Gasteiger partial charge in [-0.2, -0.15) is 0 Å². The highest BCUT2D eigenvalue weighted by Gasteiger charge is 2.14. The molecule has 2 nitrogen and oxygen atoms in total. The summed E-state index contributed by atoms with van der Waals surface area (Å²) in [5, 5.41) is 0. The van der Waals surface area contributed by atoms with Gasteiger partial charge in [0, 0.05) is 24.3 Å². The summed E-state index contributed by atoms with van der Waals surface area (Å²) >= 11 is 3.43. The van der Waals surface area contributed by atoms with Gasteiger partial charge in [0.1, 0.15) is 5.82 Å². The molecule has 0 amide bonds. The molecule has 0 radical (unpaired) electrons. The van der Waals surface area contributed by atoms with Crippen LogP contribution in [0.1, 0.15) is 12.0 Å². The van der Waals surface area contributed by atoms with E-state index in [2.05, 4.69) is 38.9 Å². The zero-order valence-corrected chi connectivity index (χ0v) is 8.63. The molecule has 0 saturated heterocycles. The molecule has 0 N–H and O–H groups in total. The molecule has 0 aromatic carbocycles. The second-order valence-corrected chi connectivity index (χ2v) is 4.08. The molecule has 1 aliphatic rings. The summed E-state index contributed by atoms with van der Waals surface area (Å²) in [6, 6.07) is 2.16. The van der Waals surface area contributed by atoms with Crippen LogP contribution in [-0.4, -0.2) is 18.6 Å². The fourth-order valence-corrected chi connectivity index (χ4v) is 1.99. The maximum absolute atomic E-state index is 4.38. The fraction of sp³-hybridized carbons (Fsp3) is 0.444. The molecule has 1 aromatic rings. The number of anilines is 1. The largest absolute Gasteiger partial charge is 0.359 e. The molecule has 64 valence electrons. The minimum absolute atomic E-state index is 1.08. The van der Waals surface area contributed by atoms with E-state index in [0.717, 1.165) is 23.3 Å². The molecule has 0 saturated carbocycles. The molecular weight excluding hydrogens is 216 g/mol. The zero-order valence-electron chi connectivity index (χ0n) is 7.05. The molecule has 3 heteroatoms. The molecule has 0 aliphatic carbocycles. The highest BCUT2D eigenvalue weighted by molar-refractivity contribution is 9.10. The Morgan fingerprint density at radius 2 is 2.42 bits per heavy atom. The predicted octanol–water partition coefficient (Wildman–Crippen LogP) is 2.23. The van der Waals surface area contributed by atoms with E-state index in [1.165, 1.54) is 12.0 Å². The lowest BCUT2D eigenvalue weighted by Gasteiger charge is -2.25. The van der Waals surface area contributed by atoms with Gasteiger partial charge in [-0.05, 0) is 40.4 Å². The van der Waals surface area contributed by atoms with E-state index in [1.54, 1.807) is 0 Å². The smallest absolute Gasteiger partial charge is 0.131 e. The van der Waals surface area contributed by atoms with Crippen LogP contribution in [0.5, 0.6) is 0 Å². The molecule has 0 fully saturated rings. The van der Waals surface area contributed by atoms with Crippen LogP contribution in [0, 0.1) is 0 Å². The summed E-state index contributed by atoms with van der Waals surface area (Å²) in [5.74, 6) is 1.14. The number of hydrogen-bond donors (Lipinski definition) is 0. The van der Waals surface area contributed by atoms with Gasteiger partial charge in [0.15, 0.2) is 0 Å². The van der Waals surface area contributed by atoms with Crippen molar-refractivity contribution in [2.45, 2.75) is 12.8 Å². The maximum Gasteiger partial charge on any atom is 0.131 e. The van der Waals surface area contributed by atoms with E-state index in [-0.39, 0.29) is 0 Å². The minimum Gasteiger partial charge on any atom is -0.359 e. The Bertz CT molecular complexity index is 299. The Labute approximate surface area is 80.7 Å². The molecule has 12 heavy (non-hydrogen) atoms. The molecule has 0 bridgehead atoms. The van der Waals surface area contributed by atoms with Gasteiger partial charge in [-0.1, -0.05) is 0 Å². The first-order valence-electron chi connectivity index (χ1n) is 4.13. The van der Waals surface area contributed by atoms with Crippen molar-refractivity contribution in [2.24, 2.45) is 0 Å². The predicted molar refractivity (Wildman–Crippen MR) is 53.5 cm³/mol. The van der Waals surface area contributed by atoms with Crippen LogP contribution >= 0.6 is 15.9 Å². The van der Waals surface area contributed by atoms with Gasteiger partial charge in [-0.15, -0.1) is 0 Å². The van der Waals surface area contributed by atoms with Crippen molar-refractivity contribution in [1.82, 2.24) is 4.98 Å². The average Bonchev–Trinajstić information content (AvgIpc) is 2.04. The standard InChI is InChI=1S/C9H11BrN2/c1-12-4-2-3-7-5-8(10)6-11-9(7)12/h5-6H,2-4H2,1H3. The Morgan fingerprint density at radius 3 is 3.25 bits per heavy atom. The Balaban J connectivity index is 2.46. The summed E-state index contributed by atoms with van der Waals surface area (Å²) in [6.45, 7) is 1.13. The van der Waals surface area contributed by atoms with Crippen molar-refractivity contribution in [3.05, 3.63) is 22.3 Å². The van der Waals surface area contributed by atoms with Crippen LogP contribution in [0.4, 0.5) is 5.82 Å². The van der Waals surface area contributed by atoms with E-state index < -0.39 is 0 Å². The van der Waals surface area contributed by atoms with Crippen LogP contribution in [0.25, 0.3) is 0 Å². The third kappa shape index (κ3) is 1.33. The topological polar surface area (TPSA) is 16.1 Å². The molecule has 1 aliphatic heterocycles. The van der Waals surface area contributed by atoms with Gasteiger partial charge < -0.3 is 4.90 Å². The van der Waals surface area contributed by atoms with Crippen LogP contribution in [0.15, 0.2) is 16.7 Å². The highest BCUT2D eigenvalue weighted by atomic mass is 79.9. The summed E-state index contributed by atoms with van der Waals surface area (Å²) < 4.78 is 1.08. The molecule has 1 aromatic heterocycles. The molecule has 0 atom stereocenters. The third-order valence-electron chi connectivity index (χ3n) is 2.21. The van der Waals surface area contributed by atoms with Gasteiger partial charge >= 0.3 is 0 Å². The Morgan fingerprint density at radius 1 is 1.58 bits per heavy atom. The summed E-state index contributed by atoms with van der Waals surface area (Å²) in [6.07, 6.45) is 4.26. The molecule has 0 unspecified atom stereocenters. The number of hydrogen-bond acceptors (Lipinski definition) is 2. The van der Waals surface area contributed by atoms with Crippen molar-refractivity contribution in [3.63, 3.8) is 0 Å². The average molecular weight is 227 g/mol. The number of aromatic nitrogens is 1. The zero-order chi connectivity index (χ0) is 8.55. The maximum atomic E-state index is 4.38. The first-order chi connectivity index (χ1) is 5.77. The molecule has 0 spiro atoms. The van der Waals surface area contributed by atoms with E-state index in [0.29, 0.717) is 0 Å². The SMILES string of the molecule is CN1CCCc2cc(Br)cnc21. The lowest BCUT2D eigenvalue weighted by atomic mass is 10.1. The second kappa shape index (κ2) is 3.05.